The number of imidazole rings is 1. The van der Waals surface area contributed by atoms with Crippen LogP contribution in [-0.4, -0.2) is 42.4 Å². The van der Waals surface area contributed by atoms with E-state index in [9.17, 15) is 8.42 Å². The second kappa shape index (κ2) is 5.73. The van der Waals surface area contributed by atoms with E-state index < -0.39 is 15.1 Å². The molecular weight excluding hydrogens is 290 g/mol. The normalized spacial score (nSPS) is 21.7. The van der Waals surface area contributed by atoms with E-state index in [1.54, 1.807) is 13.3 Å². The molecular formula is C14H19N3O3S. The molecule has 1 fully saturated rings. The van der Waals surface area contributed by atoms with Gasteiger partial charge in [-0.1, -0.05) is 6.42 Å². The lowest BCUT2D eigenvalue weighted by molar-refractivity contribution is 0.187. The van der Waals surface area contributed by atoms with Gasteiger partial charge in [-0.15, -0.1) is 0 Å². The Morgan fingerprint density at radius 1 is 1.43 bits per heavy atom. The number of hydrogen-bond acceptors (Lipinski definition) is 5. The SMILES string of the molecule is COCCn1c(C2CCCCS2(=O)=O)nc2cccnc21. The van der Waals surface area contributed by atoms with E-state index in [2.05, 4.69) is 9.97 Å². The van der Waals surface area contributed by atoms with Gasteiger partial charge in [-0.3, -0.25) is 0 Å². The molecule has 2 aromatic rings. The van der Waals surface area contributed by atoms with Crippen LogP contribution in [0, 0.1) is 0 Å². The van der Waals surface area contributed by atoms with Crippen LogP contribution in [0.2, 0.25) is 0 Å². The lowest BCUT2D eigenvalue weighted by Crippen LogP contribution is -2.25. The summed E-state index contributed by atoms with van der Waals surface area (Å²) in [4.78, 5) is 8.90. The lowest BCUT2D eigenvalue weighted by atomic mass is 10.2. The van der Waals surface area contributed by atoms with Crippen LogP contribution in [0.1, 0.15) is 30.3 Å². The van der Waals surface area contributed by atoms with Crippen LogP contribution >= 0.6 is 0 Å². The van der Waals surface area contributed by atoms with Crippen molar-refractivity contribution in [3.05, 3.63) is 24.2 Å². The van der Waals surface area contributed by atoms with Crippen molar-refractivity contribution in [1.82, 2.24) is 14.5 Å². The van der Waals surface area contributed by atoms with Crippen LogP contribution in [0.25, 0.3) is 11.2 Å². The smallest absolute Gasteiger partial charge is 0.160 e. The average molecular weight is 309 g/mol. The van der Waals surface area contributed by atoms with Crippen molar-refractivity contribution in [2.45, 2.75) is 31.1 Å². The van der Waals surface area contributed by atoms with E-state index in [-0.39, 0.29) is 5.75 Å². The van der Waals surface area contributed by atoms with Crippen molar-refractivity contribution in [1.29, 1.82) is 0 Å². The molecule has 0 spiro atoms. The highest BCUT2D eigenvalue weighted by molar-refractivity contribution is 7.91. The Hall–Kier alpha value is -1.47. The molecule has 0 N–H and O–H groups in total. The maximum absolute atomic E-state index is 12.4. The van der Waals surface area contributed by atoms with E-state index >= 15 is 0 Å². The number of methoxy groups -OCH3 is 1. The molecule has 0 aromatic carbocycles. The van der Waals surface area contributed by atoms with Crippen LogP contribution in [-0.2, 0) is 21.1 Å². The Kier molecular flexibility index (Phi) is 3.95. The number of pyridine rings is 1. The number of nitrogens with zero attached hydrogens (tertiary/aromatic N) is 3. The van der Waals surface area contributed by atoms with E-state index in [1.165, 1.54) is 0 Å². The van der Waals surface area contributed by atoms with Crippen LogP contribution < -0.4 is 0 Å². The lowest BCUT2D eigenvalue weighted by Gasteiger charge is -2.22. The van der Waals surface area contributed by atoms with E-state index in [0.717, 1.165) is 24.0 Å². The number of aromatic nitrogens is 3. The minimum absolute atomic E-state index is 0.249. The first-order chi connectivity index (χ1) is 10.1. The molecule has 0 amide bonds. The third kappa shape index (κ3) is 2.67. The van der Waals surface area contributed by atoms with Crippen molar-refractivity contribution >= 4 is 21.0 Å². The Balaban J connectivity index is 2.12. The highest BCUT2D eigenvalue weighted by Gasteiger charge is 2.34. The van der Waals surface area contributed by atoms with Crippen molar-refractivity contribution in [3.8, 4) is 0 Å². The van der Waals surface area contributed by atoms with Crippen LogP contribution in [0.15, 0.2) is 18.3 Å². The number of hydrogen-bond donors (Lipinski definition) is 0. The molecule has 1 aliphatic rings. The summed E-state index contributed by atoms with van der Waals surface area (Å²) in [7, 11) is -1.50. The second-order valence-corrected chi connectivity index (χ2v) is 7.61. The van der Waals surface area contributed by atoms with E-state index in [4.69, 9.17) is 4.74 Å². The number of rotatable bonds is 4. The number of ether oxygens (including phenoxy) is 1. The Morgan fingerprint density at radius 2 is 2.29 bits per heavy atom. The summed E-state index contributed by atoms with van der Waals surface area (Å²) >= 11 is 0. The maximum Gasteiger partial charge on any atom is 0.160 e. The molecule has 1 saturated heterocycles. The third-order valence-electron chi connectivity index (χ3n) is 3.92. The molecule has 2 aromatic heterocycles. The maximum atomic E-state index is 12.4. The zero-order valence-electron chi connectivity index (χ0n) is 12.0. The predicted octanol–water partition coefficient (Wildman–Crippen LogP) is 1.72. The van der Waals surface area contributed by atoms with Gasteiger partial charge in [-0.25, -0.2) is 18.4 Å². The quantitative estimate of drug-likeness (QED) is 0.859. The van der Waals surface area contributed by atoms with Crippen molar-refractivity contribution < 1.29 is 13.2 Å². The molecule has 3 rings (SSSR count). The van der Waals surface area contributed by atoms with Crippen LogP contribution in [0.3, 0.4) is 0 Å². The zero-order chi connectivity index (χ0) is 14.9. The summed E-state index contributed by atoms with van der Waals surface area (Å²) in [6, 6.07) is 3.68. The van der Waals surface area contributed by atoms with Gasteiger partial charge in [-0.05, 0) is 25.0 Å². The number of sulfone groups is 1. The van der Waals surface area contributed by atoms with Crippen molar-refractivity contribution in [3.63, 3.8) is 0 Å². The Labute approximate surface area is 124 Å². The molecule has 114 valence electrons. The van der Waals surface area contributed by atoms with Gasteiger partial charge in [0.15, 0.2) is 15.5 Å². The zero-order valence-corrected chi connectivity index (χ0v) is 12.8. The van der Waals surface area contributed by atoms with Gasteiger partial charge in [0, 0.05) is 19.9 Å². The first-order valence-corrected chi connectivity index (χ1v) is 8.86. The fourth-order valence-electron chi connectivity index (χ4n) is 2.87. The fraction of sp³-hybridized carbons (Fsp3) is 0.571. The molecule has 0 aliphatic carbocycles. The topological polar surface area (TPSA) is 74.1 Å². The molecule has 7 heteroatoms. The first-order valence-electron chi connectivity index (χ1n) is 7.15. The second-order valence-electron chi connectivity index (χ2n) is 5.31. The molecule has 6 nitrogen and oxygen atoms in total. The molecule has 0 radical (unpaired) electrons. The van der Waals surface area contributed by atoms with Gasteiger partial charge in [0.05, 0.1) is 12.4 Å². The van der Waals surface area contributed by atoms with Gasteiger partial charge < -0.3 is 9.30 Å². The average Bonchev–Trinajstić information content (AvgIpc) is 2.83. The standard InChI is InChI=1S/C14H19N3O3S/c1-20-9-8-17-13-11(5-4-7-15-13)16-14(17)12-6-2-3-10-21(12,18)19/h4-5,7,12H,2-3,6,8-10H2,1H3. The van der Waals surface area contributed by atoms with E-state index in [1.807, 2.05) is 16.7 Å². The third-order valence-corrected chi connectivity index (χ3v) is 6.09. The molecule has 1 unspecified atom stereocenters. The molecule has 0 saturated carbocycles. The monoisotopic (exact) mass is 309 g/mol. The van der Waals surface area contributed by atoms with Gasteiger partial charge in [0.1, 0.15) is 16.6 Å². The first kappa shape index (κ1) is 14.5. The van der Waals surface area contributed by atoms with Gasteiger partial charge in [0.2, 0.25) is 0 Å². The summed E-state index contributed by atoms with van der Waals surface area (Å²) in [6.45, 7) is 1.06. The fourth-order valence-corrected chi connectivity index (χ4v) is 4.79. The summed E-state index contributed by atoms with van der Waals surface area (Å²) in [5.74, 6) is 0.860. The summed E-state index contributed by atoms with van der Waals surface area (Å²) < 4.78 is 31.8. The Morgan fingerprint density at radius 3 is 3.05 bits per heavy atom. The molecule has 21 heavy (non-hydrogen) atoms. The minimum Gasteiger partial charge on any atom is -0.383 e. The van der Waals surface area contributed by atoms with Gasteiger partial charge in [0.25, 0.3) is 0 Å². The summed E-state index contributed by atoms with van der Waals surface area (Å²) in [6.07, 6.45) is 4.01. The van der Waals surface area contributed by atoms with Gasteiger partial charge >= 0.3 is 0 Å². The number of fused-ring (bicyclic) bond motifs is 1. The largest absolute Gasteiger partial charge is 0.383 e. The van der Waals surface area contributed by atoms with Crippen molar-refractivity contribution in [2.75, 3.05) is 19.5 Å². The highest BCUT2D eigenvalue weighted by Crippen LogP contribution is 2.34. The molecule has 1 aliphatic heterocycles. The molecule has 3 heterocycles. The van der Waals surface area contributed by atoms with E-state index in [0.29, 0.717) is 25.4 Å². The minimum atomic E-state index is -3.12. The predicted molar refractivity (Wildman–Crippen MR) is 79.8 cm³/mol. The highest BCUT2D eigenvalue weighted by atomic mass is 32.2. The van der Waals surface area contributed by atoms with Crippen molar-refractivity contribution in [2.24, 2.45) is 0 Å². The van der Waals surface area contributed by atoms with Gasteiger partial charge in [-0.2, -0.15) is 0 Å². The molecule has 1 atom stereocenters. The van der Waals surface area contributed by atoms with Crippen LogP contribution in [0.4, 0.5) is 0 Å². The molecule has 0 bridgehead atoms. The Bertz CT molecular complexity index is 739. The van der Waals surface area contributed by atoms with Crippen LogP contribution in [0.5, 0.6) is 0 Å². The summed E-state index contributed by atoms with van der Waals surface area (Å²) in [5, 5.41) is -0.516. The summed E-state index contributed by atoms with van der Waals surface area (Å²) in [5.41, 5.74) is 1.47.